The first-order valence-electron chi connectivity index (χ1n) is 5.71. The van der Waals surface area contributed by atoms with Gasteiger partial charge in [0.25, 0.3) is 0 Å². The van der Waals surface area contributed by atoms with E-state index in [2.05, 4.69) is 10.3 Å². The molecule has 0 saturated heterocycles. The molecule has 0 bridgehead atoms. The Labute approximate surface area is 117 Å². The van der Waals surface area contributed by atoms with Gasteiger partial charge in [0.1, 0.15) is 5.82 Å². The fraction of sp³-hybridized carbons (Fsp3) is 0.214. The first-order valence-corrected chi connectivity index (χ1v) is 6.47. The van der Waals surface area contributed by atoms with E-state index in [4.69, 9.17) is 23.2 Å². The molecule has 0 aliphatic heterocycles. The zero-order valence-corrected chi connectivity index (χ0v) is 11.8. The van der Waals surface area contributed by atoms with E-state index < -0.39 is 0 Å². The lowest BCUT2D eigenvalue weighted by Gasteiger charge is -2.16. The molecule has 0 aliphatic carbocycles. The standard InChI is InChI=1S/C14H14Cl2N2/c1-9-4-3-5-14(17-9)18-10(2)12-7-6-11(15)8-13(12)16/h3-8,10H,1-2H3,(H,17,18). The van der Waals surface area contributed by atoms with E-state index in [9.17, 15) is 0 Å². The normalized spacial score (nSPS) is 12.2. The summed E-state index contributed by atoms with van der Waals surface area (Å²) in [4.78, 5) is 4.41. The van der Waals surface area contributed by atoms with E-state index in [1.165, 1.54) is 0 Å². The van der Waals surface area contributed by atoms with Crippen molar-refractivity contribution < 1.29 is 0 Å². The number of benzene rings is 1. The summed E-state index contributed by atoms with van der Waals surface area (Å²) >= 11 is 12.1. The molecule has 0 radical (unpaired) electrons. The van der Waals surface area contributed by atoms with Crippen LogP contribution in [0.2, 0.25) is 10.0 Å². The fourth-order valence-corrected chi connectivity index (χ4v) is 2.35. The van der Waals surface area contributed by atoms with Gasteiger partial charge in [0.2, 0.25) is 0 Å². The molecule has 1 heterocycles. The number of halogens is 2. The fourth-order valence-electron chi connectivity index (χ4n) is 1.78. The zero-order valence-electron chi connectivity index (χ0n) is 10.2. The van der Waals surface area contributed by atoms with E-state index in [0.29, 0.717) is 10.0 Å². The van der Waals surface area contributed by atoms with E-state index in [0.717, 1.165) is 17.1 Å². The van der Waals surface area contributed by atoms with Crippen molar-refractivity contribution in [1.82, 2.24) is 4.98 Å². The predicted octanol–water partition coefficient (Wildman–Crippen LogP) is 4.87. The van der Waals surface area contributed by atoms with Gasteiger partial charge in [-0.3, -0.25) is 0 Å². The average molecular weight is 281 g/mol. The maximum Gasteiger partial charge on any atom is 0.126 e. The number of anilines is 1. The highest BCUT2D eigenvalue weighted by atomic mass is 35.5. The van der Waals surface area contributed by atoms with Gasteiger partial charge in [-0.2, -0.15) is 0 Å². The lowest BCUT2D eigenvalue weighted by Crippen LogP contribution is -2.08. The van der Waals surface area contributed by atoms with Crippen LogP contribution in [0.3, 0.4) is 0 Å². The van der Waals surface area contributed by atoms with Crippen molar-refractivity contribution in [3.63, 3.8) is 0 Å². The van der Waals surface area contributed by atoms with Crippen LogP contribution in [0.25, 0.3) is 0 Å². The summed E-state index contributed by atoms with van der Waals surface area (Å²) in [5.41, 5.74) is 1.98. The highest BCUT2D eigenvalue weighted by Crippen LogP contribution is 2.27. The van der Waals surface area contributed by atoms with Crippen LogP contribution in [0.4, 0.5) is 5.82 Å². The lowest BCUT2D eigenvalue weighted by atomic mass is 10.1. The molecular formula is C14H14Cl2N2. The van der Waals surface area contributed by atoms with Crippen molar-refractivity contribution in [2.45, 2.75) is 19.9 Å². The molecule has 0 saturated carbocycles. The van der Waals surface area contributed by atoms with Crippen LogP contribution in [0.1, 0.15) is 24.2 Å². The smallest absolute Gasteiger partial charge is 0.126 e. The number of nitrogens with one attached hydrogen (secondary N) is 1. The molecular weight excluding hydrogens is 267 g/mol. The Morgan fingerprint density at radius 1 is 1.17 bits per heavy atom. The van der Waals surface area contributed by atoms with Crippen LogP contribution < -0.4 is 5.32 Å². The van der Waals surface area contributed by atoms with Gasteiger partial charge >= 0.3 is 0 Å². The Morgan fingerprint density at radius 2 is 1.94 bits per heavy atom. The molecule has 1 aromatic carbocycles. The second-order valence-electron chi connectivity index (χ2n) is 4.20. The van der Waals surface area contributed by atoms with Crippen LogP contribution in [-0.4, -0.2) is 4.98 Å². The Balaban J connectivity index is 2.19. The monoisotopic (exact) mass is 280 g/mol. The SMILES string of the molecule is Cc1cccc(NC(C)c2ccc(Cl)cc2Cl)n1. The van der Waals surface area contributed by atoms with Gasteiger partial charge < -0.3 is 5.32 Å². The number of aryl methyl sites for hydroxylation is 1. The van der Waals surface area contributed by atoms with Gasteiger partial charge in [0.05, 0.1) is 6.04 Å². The molecule has 1 atom stereocenters. The number of nitrogens with zero attached hydrogens (tertiary/aromatic N) is 1. The van der Waals surface area contributed by atoms with Crippen LogP contribution in [0.15, 0.2) is 36.4 Å². The summed E-state index contributed by atoms with van der Waals surface area (Å²) in [5.74, 6) is 0.841. The molecule has 1 N–H and O–H groups in total. The summed E-state index contributed by atoms with van der Waals surface area (Å²) in [6.07, 6.45) is 0. The van der Waals surface area contributed by atoms with Crippen molar-refractivity contribution in [3.8, 4) is 0 Å². The van der Waals surface area contributed by atoms with Crippen LogP contribution in [0, 0.1) is 6.92 Å². The van der Waals surface area contributed by atoms with Gasteiger partial charge in [-0.1, -0.05) is 35.3 Å². The number of pyridine rings is 1. The van der Waals surface area contributed by atoms with Gasteiger partial charge in [-0.05, 0) is 43.7 Å². The molecule has 2 rings (SSSR count). The second kappa shape index (κ2) is 5.59. The largest absolute Gasteiger partial charge is 0.363 e. The summed E-state index contributed by atoms with van der Waals surface area (Å²) < 4.78 is 0. The Hall–Kier alpha value is -1.25. The van der Waals surface area contributed by atoms with Gasteiger partial charge in [0, 0.05) is 15.7 Å². The Morgan fingerprint density at radius 3 is 2.61 bits per heavy atom. The number of hydrogen-bond donors (Lipinski definition) is 1. The van der Waals surface area contributed by atoms with Crippen molar-refractivity contribution >= 4 is 29.0 Å². The third-order valence-electron chi connectivity index (χ3n) is 2.68. The summed E-state index contributed by atoms with van der Waals surface area (Å²) in [6, 6.07) is 11.5. The average Bonchev–Trinajstić information content (AvgIpc) is 2.28. The third kappa shape index (κ3) is 3.15. The van der Waals surface area contributed by atoms with E-state index in [1.54, 1.807) is 6.07 Å². The molecule has 1 aromatic heterocycles. The molecule has 0 spiro atoms. The quantitative estimate of drug-likeness (QED) is 0.868. The predicted molar refractivity (Wildman–Crippen MR) is 77.5 cm³/mol. The topological polar surface area (TPSA) is 24.9 Å². The molecule has 2 nitrogen and oxygen atoms in total. The second-order valence-corrected chi connectivity index (χ2v) is 5.04. The van der Waals surface area contributed by atoms with Crippen molar-refractivity contribution in [2.75, 3.05) is 5.32 Å². The molecule has 2 aromatic rings. The number of aromatic nitrogens is 1. The van der Waals surface area contributed by atoms with Crippen LogP contribution >= 0.6 is 23.2 Å². The number of rotatable bonds is 3. The Bertz CT molecular complexity index is 555. The van der Waals surface area contributed by atoms with Crippen molar-refractivity contribution in [2.24, 2.45) is 0 Å². The summed E-state index contributed by atoms with van der Waals surface area (Å²) in [6.45, 7) is 4.00. The van der Waals surface area contributed by atoms with E-state index in [1.807, 2.05) is 44.2 Å². The molecule has 94 valence electrons. The molecule has 0 aliphatic rings. The maximum atomic E-state index is 6.18. The van der Waals surface area contributed by atoms with Crippen molar-refractivity contribution in [1.29, 1.82) is 0 Å². The van der Waals surface area contributed by atoms with Crippen LogP contribution in [0.5, 0.6) is 0 Å². The first-order chi connectivity index (χ1) is 8.56. The van der Waals surface area contributed by atoms with Crippen molar-refractivity contribution in [3.05, 3.63) is 57.7 Å². The molecule has 0 fully saturated rings. The van der Waals surface area contributed by atoms with E-state index >= 15 is 0 Å². The summed E-state index contributed by atoms with van der Waals surface area (Å²) in [5, 5.41) is 4.63. The zero-order chi connectivity index (χ0) is 13.1. The molecule has 0 amide bonds. The van der Waals surface area contributed by atoms with Gasteiger partial charge in [-0.15, -0.1) is 0 Å². The molecule has 4 heteroatoms. The maximum absolute atomic E-state index is 6.18. The third-order valence-corrected chi connectivity index (χ3v) is 3.24. The van der Waals surface area contributed by atoms with Gasteiger partial charge in [-0.25, -0.2) is 4.98 Å². The van der Waals surface area contributed by atoms with Crippen LogP contribution in [-0.2, 0) is 0 Å². The highest BCUT2D eigenvalue weighted by Gasteiger charge is 2.10. The minimum absolute atomic E-state index is 0.0732. The van der Waals surface area contributed by atoms with Gasteiger partial charge in [0.15, 0.2) is 0 Å². The number of hydrogen-bond acceptors (Lipinski definition) is 2. The minimum atomic E-state index is 0.0732. The molecule has 1 unspecified atom stereocenters. The molecule has 18 heavy (non-hydrogen) atoms. The summed E-state index contributed by atoms with van der Waals surface area (Å²) in [7, 11) is 0. The lowest BCUT2D eigenvalue weighted by molar-refractivity contribution is 0.873. The van der Waals surface area contributed by atoms with E-state index in [-0.39, 0.29) is 6.04 Å². The first kappa shape index (κ1) is 13.2. The Kier molecular flexibility index (Phi) is 4.10. The highest BCUT2D eigenvalue weighted by molar-refractivity contribution is 6.35. The minimum Gasteiger partial charge on any atom is -0.363 e.